The highest BCUT2D eigenvalue weighted by Crippen LogP contribution is 2.17. The van der Waals surface area contributed by atoms with E-state index >= 15 is 0 Å². The lowest BCUT2D eigenvalue weighted by Gasteiger charge is -2.10. The number of hydrogen-bond donors (Lipinski definition) is 1. The second kappa shape index (κ2) is 9.73. The van der Waals surface area contributed by atoms with E-state index in [0.717, 1.165) is 47.8 Å². The number of unbranched alkanes of at least 4 members (excludes halogenated alkanes) is 1. The molecule has 1 heterocycles. The van der Waals surface area contributed by atoms with Gasteiger partial charge in [-0.2, -0.15) is 5.10 Å². The largest absolute Gasteiger partial charge is 0.494 e. The number of nitrogens with zero attached hydrogens (tertiary/aromatic N) is 2. The molecule has 0 saturated carbocycles. The molecule has 0 fully saturated rings. The van der Waals surface area contributed by atoms with Crippen LogP contribution in [-0.4, -0.2) is 23.3 Å². The summed E-state index contributed by atoms with van der Waals surface area (Å²) in [6.07, 6.45) is 3.77. The normalized spacial score (nSPS) is 11.0. The van der Waals surface area contributed by atoms with Gasteiger partial charge in [0, 0.05) is 22.6 Å². The number of ether oxygens (including phenoxy) is 1. The first-order valence-corrected chi connectivity index (χ1v) is 9.90. The number of nitrogens with one attached hydrogen (secondary N) is 1. The van der Waals surface area contributed by atoms with Crippen molar-refractivity contribution in [1.29, 1.82) is 0 Å². The average molecular weight is 389 g/mol. The molecule has 1 N–H and O–H groups in total. The molecular formula is C24H27N3O2. The summed E-state index contributed by atoms with van der Waals surface area (Å²) in [5.74, 6) is 0.598. The molecule has 0 aliphatic carbocycles. The summed E-state index contributed by atoms with van der Waals surface area (Å²) < 4.78 is 7.79. The number of aromatic nitrogens is 1. The zero-order chi connectivity index (χ0) is 20.6. The van der Waals surface area contributed by atoms with Crippen LogP contribution in [0.25, 0.3) is 5.69 Å². The highest BCUT2D eigenvalue weighted by atomic mass is 16.5. The van der Waals surface area contributed by atoms with Gasteiger partial charge in [-0.3, -0.25) is 4.79 Å². The monoisotopic (exact) mass is 389 g/mol. The van der Waals surface area contributed by atoms with Crippen molar-refractivity contribution in [3.63, 3.8) is 0 Å². The second-order valence-corrected chi connectivity index (χ2v) is 6.97. The Morgan fingerprint density at radius 1 is 1.00 bits per heavy atom. The van der Waals surface area contributed by atoms with E-state index in [4.69, 9.17) is 4.74 Å². The maximum absolute atomic E-state index is 12.3. The Balaban J connectivity index is 1.56. The number of amides is 1. The Morgan fingerprint density at radius 2 is 1.66 bits per heavy atom. The fraction of sp³-hybridized carbons (Fsp3) is 0.250. The minimum Gasteiger partial charge on any atom is -0.494 e. The number of benzene rings is 2. The van der Waals surface area contributed by atoms with Crippen molar-refractivity contribution in [1.82, 2.24) is 9.99 Å². The molecular weight excluding hydrogens is 362 g/mol. The predicted molar refractivity (Wildman–Crippen MR) is 117 cm³/mol. The highest BCUT2D eigenvalue weighted by Gasteiger charge is 2.07. The summed E-state index contributed by atoms with van der Waals surface area (Å²) in [5, 5.41) is 4.05. The molecule has 0 spiro atoms. The molecule has 1 amide bonds. The maximum atomic E-state index is 12.3. The molecule has 0 aliphatic rings. The molecule has 0 unspecified atom stereocenters. The van der Waals surface area contributed by atoms with E-state index in [-0.39, 0.29) is 5.91 Å². The average Bonchev–Trinajstić information content (AvgIpc) is 3.07. The standard InChI is InChI=1S/C24H27N3O2/c1-4-5-16-29-23-14-8-20(9-15-23)17-25-26-24(28)21-10-12-22(13-11-21)27-18(2)6-7-19(27)3/h6-15,17H,4-5,16H2,1-3H3,(H,26,28)/b25-17-. The van der Waals surface area contributed by atoms with Gasteiger partial charge in [-0.25, -0.2) is 5.43 Å². The van der Waals surface area contributed by atoms with Gasteiger partial charge in [-0.15, -0.1) is 0 Å². The fourth-order valence-corrected chi connectivity index (χ4v) is 3.05. The first-order valence-electron chi connectivity index (χ1n) is 9.90. The van der Waals surface area contributed by atoms with Crippen molar-refractivity contribution in [3.8, 4) is 11.4 Å². The first-order chi connectivity index (χ1) is 14.1. The van der Waals surface area contributed by atoms with Gasteiger partial charge in [-0.1, -0.05) is 13.3 Å². The molecule has 0 radical (unpaired) electrons. The van der Waals surface area contributed by atoms with Crippen LogP contribution >= 0.6 is 0 Å². The Kier molecular flexibility index (Phi) is 6.85. The number of carbonyl (C=O) groups excluding carboxylic acids is 1. The lowest BCUT2D eigenvalue weighted by atomic mass is 10.2. The van der Waals surface area contributed by atoms with E-state index in [0.29, 0.717) is 5.56 Å². The number of aryl methyl sites for hydroxylation is 2. The summed E-state index contributed by atoms with van der Waals surface area (Å²) in [7, 11) is 0. The zero-order valence-corrected chi connectivity index (χ0v) is 17.2. The fourth-order valence-electron chi connectivity index (χ4n) is 3.05. The van der Waals surface area contributed by atoms with Crippen LogP contribution in [0.2, 0.25) is 0 Å². The van der Waals surface area contributed by atoms with Crippen molar-refractivity contribution in [2.24, 2.45) is 5.10 Å². The van der Waals surface area contributed by atoms with Crippen molar-refractivity contribution in [2.45, 2.75) is 33.6 Å². The van der Waals surface area contributed by atoms with E-state index in [1.807, 2.05) is 48.5 Å². The molecule has 5 heteroatoms. The Bertz CT molecular complexity index is 951. The van der Waals surface area contributed by atoms with E-state index in [2.05, 4.69) is 48.0 Å². The smallest absolute Gasteiger partial charge is 0.271 e. The van der Waals surface area contributed by atoms with Crippen LogP contribution in [0.3, 0.4) is 0 Å². The molecule has 0 aliphatic heterocycles. The predicted octanol–water partition coefficient (Wildman–Crippen LogP) is 5.04. The third kappa shape index (κ3) is 5.35. The quantitative estimate of drug-likeness (QED) is 0.333. The lowest BCUT2D eigenvalue weighted by molar-refractivity contribution is 0.0955. The molecule has 3 aromatic rings. The van der Waals surface area contributed by atoms with Gasteiger partial charge in [0.05, 0.1) is 12.8 Å². The van der Waals surface area contributed by atoms with Crippen LogP contribution in [0.4, 0.5) is 0 Å². The molecule has 5 nitrogen and oxygen atoms in total. The highest BCUT2D eigenvalue weighted by molar-refractivity contribution is 5.95. The Labute approximate surface area is 172 Å². The molecule has 2 aromatic carbocycles. The van der Waals surface area contributed by atoms with Crippen LogP contribution in [0, 0.1) is 13.8 Å². The zero-order valence-electron chi connectivity index (χ0n) is 17.2. The molecule has 29 heavy (non-hydrogen) atoms. The van der Waals surface area contributed by atoms with Gasteiger partial charge >= 0.3 is 0 Å². The van der Waals surface area contributed by atoms with Crippen LogP contribution in [0.1, 0.15) is 47.1 Å². The van der Waals surface area contributed by atoms with Crippen molar-refractivity contribution >= 4 is 12.1 Å². The number of hydrogen-bond acceptors (Lipinski definition) is 3. The lowest BCUT2D eigenvalue weighted by Crippen LogP contribution is -2.17. The van der Waals surface area contributed by atoms with Crippen molar-refractivity contribution in [2.75, 3.05) is 6.61 Å². The van der Waals surface area contributed by atoms with E-state index in [1.54, 1.807) is 6.21 Å². The van der Waals surface area contributed by atoms with Crippen LogP contribution < -0.4 is 10.2 Å². The van der Waals surface area contributed by atoms with Crippen LogP contribution in [-0.2, 0) is 0 Å². The summed E-state index contributed by atoms with van der Waals surface area (Å²) >= 11 is 0. The number of rotatable bonds is 8. The Morgan fingerprint density at radius 3 is 2.28 bits per heavy atom. The molecule has 0 saturated heterocycles. The minimum atomic E-state index is -0.242. The number of hydrazone groups is 1. The summed E-state index contributed by atoms with van der Waals surface area (Å²) in [6, 6.07) is 19.3. The van der Waals surface area contributed by atoms with Gasteiger partial charge in [0.1, 0.15) is 5.75 Å². The Hall–Kier alpha value is -3.34. The van der Waals surface area contributed by atoms with Gasteiger partial charge in [0.15, 0.2) is 0 Å². The van der Waals surface area contributed by atoms with Gasteiger partial charge in [-0.05, 0) is 86.5 Å². The third-order valence-electron chi connectivity index (χ3n) is 4.69. The first kappa shape index (κ1) is 20.4. The van der Waals surface area contributed by atoms with Gasteiger partial charge < -0.3 is 9.30 Å². The summed E-state index contributed by atoms with van der Waals surface area (Å²) in [5.41, 5.74) is 7.38. The third-order valence-corrected chi connectivity index (χ3v) is 4.69. The number of carbonyl (C=O) groups is 1. The molecule has 150 valence electrons. The van der Waals surface area contributed by atoms with E-state index in [9.17, 15) is 4.79 Å². The maximum Gasteiger partial charge on any atom is 0.271 e. The second-order valence-electron chi connectivity index (χ2n) is 6.97. The summed E-state index contributed by atoms with van der Waals surface area (Å²) in [4.78, 5) is 12.3. The van der Waals surface area contributed by atoms with E-state index < -0.39 is 0 Å². The van der Waals surface area contributed by atoms with E-state index in [1.165, 1.54) is 0 Å². The van der Waals surface area contributed by atoms with Crippen molar-refractivity contribution in [3.05, 3.63) is 83.2 Å². The minimum absolute atomic E-state index is 0.242. The van der Waals surface area contributed by atoms with Gasteiger partial charge in [0.2, 0.25) is 0 Å². The molecule has 0 bridgehead atoms. The molecule has 1 aromatic heterocycles. The van der Waals surface area contributed by atoms with Crippen LogP contribution in [0.15, 0.2) is 65.8 Å². The SMILES string of the molecule is CCCCOc1ccc(/C=N\NC(=O)c2ccc(-n3c(C)ccc3C)cc2)cc1. The van der Waals surface area contributed by atoms with Crippen molar-refractivity contribution < 1.29 is 9.53 Å². The van der Waals surface area contributed by atoms with Crippen LogP contribution in [0.5, 0.6) is 5.75 Å². The molecule has 0 atom stereocenters. The topological polar surface area (TPSA) is 55.6 Å². The molecule has 3 rings (SSSR count). The summed E-state index contributed by atoms with van der Waals surface area (Å²) in [6.45, 7) is 6.98. The van der Waals surface area contributed by atoms with Gasteiger partial charge in [0.25, 0.3) is 5.91 Å².